The molecule has 0 bridgehead atoms. The zero-order chi connectivity index (χ0) is 8.69. The summed E-state index contributed by atoms with van der Waals surface area (Å²) in [5.74, 6) is -0.611. The number of aliphatic carboxylic acids is 1. The molecule has 1 fully saturated rings. The maximum Gasteiger partial charge on any atom is 0.306 e. The number of hydrogen-bond acceptors (Lipinski definition) is 2. The molecular formula is C8H17NO2. The lowest BCUT2D eigenvalue weighted by molar-refractivity contribution is -0.138. The van der Waals surface area contributed by atoms with Crippen molar-refractivity contribution in [3.8, 4) is 0 Å². The van der Waals surface area contributed by atoms with Gasteiger partial charge in [0.1, 0.15) is 0 Å². The Bertz CT molecular complexity index is 109. The number of carbonyl (C=O) groups is 1. The minimum atomic E-state index is -0.630. The fourth-order valence-corrected chi connectivity index (χ4v) is 0.580. The highest BCUT2D eigenvalue weighted by atomic mass is 16.4. The molecule has 66 valence electrons. The average molecular weight is 159 g/mol. The number of hydrogen-bond donors (Lipinski definition) is 2. The Kier molecular flexibility index (Phi) is 5.84. The second-order valence-electron chi connectivity index (χ2n) is 2.57. The van der Waals surface area contributed by atoms with Gasteiger partial charge in [0.2, 0.25) is 0 Å². The van der Waals surface area contributed by atoms with Crippen molar-refractivity contribution in [2.24, 2.45) is 5.92 Å². The van der Waals surface area contributed by atoms with Crippen LogP contribution in [-0.4, -0.2) is 24.2 Å². The van der Waals surface area contributed by atoms with Crippen LogP contribution in [0.1, 0.15) is 26.7 Å². The largest absolute Gasteiger partial charge is 0.481 e. The molecule has 3 heteroatoms. The van der Waals surface area contributed by atoms with Crippen molar-refractivity contribution in [2.45, 2.75) is 26.7 Å². The molecule has 0 heterocycles. The molecule has 1 aliphatic rings. The average Bonchev–Trinajstić information content (AvgIpc) is 2.71. The van der Waals surface area contributed by atoms with Gasteiger partial charge in [-0.25, -0.2) is 0 Å². The SMILES string of the molecule is CCNCC.O=C(O)C1CC1. The molecule has 1 rings (SSSR count). The van der Waals surface area contributed by atoms with E-state index >= 15 is 0 Å². The third kappa shape index (κ3) is 7.33. The first-order chi connectivity index (χ1) is 5.22. The van der Waals surface area contributed by atoms with E-state index in [0.29, 0.717) is 0 Å². The van der Waals surface area contributed by atoms with Crippen LogP contribution in [-0.2, 0) is 4.79 Å². The molecule has 0 unspecified atom stereocenters. The highest BCUT2D eigenvalue weighted by Crippen LogP contribution is 2.28. The van der Waals surface area contributed by atoms with Crippen molar-refractivity contribution in [3.05, 3.63) is 0 Å². The smallest absolute Gasteiger partial charge is 0.306 e. The summed E-state index contributed by atoms with van der Waals surface area (Å²) in [6, 6.07) is 0. The molecule has 11 heavy (non-hydrogen) atoms. The Labute approximate surface area is 67.8 Å². The fraction of sp³-hybridized carbons (Fsp3) is 0.875. The van der Waals surface area contributed by atoms with Crippen molar-refractivity contribution in [1.29, 1.82) is 0 Å². The number of carboxylic acid groups (broad SMARTS) is 1. The highest BCUT2D eigenvalue weighted by Gasteiger charge is 2.28. The Morgan fingerprint density at radius 3 is 1.91 bits per heavy atom. The van der Waals surface area contributed by atoms with Gasteiger partial charge in [-0.05, 0) is 25.9 Å². The van der Waals surface area contributed by atoms with E-state index in [9.17, 15) is 4.79 Å². The lowest BCUT2D eigenvalue weighted by Gasteiger charge is -1.86. The first-order valence-corrected chi connectivity index (χ1v) is 4.15. The first-order valence-electron chi connectivity index (χ1n) is 4.15. The maximum absolute atomic E-state index is 9.76. The molecule has 0 aliphatic heterocycles. The molecule has 0 spiro atoms. The second kappa shape index (κ2) is 6.16. The maximum atomic E-state index is 9.76. The van der Waals surface area contributed by atoms with Gasteiger partial charge in [-0.1, -0.05) is 13.8 Å². The quantitative estimate of drug-likeness (QED) is 0.648. The topological polar surface area (TPSA) is 49.3 Å². The molecular weight excluding hydrogens is 142 g/mol. The van der Waals surface area contributed by atoms with Crippen molar-refractivity contribution in [2.75, 3.05) is 13.1 Å². The molecule has 1 aliphatic carbocycles. The Morgan fingerprint density at radius 2 is 1.91 bits per heavy atom. The Balaban J connectivity index is 0.000000187. The van der Waals surface area contributed by atoms with Crippen LogP contribution in [0.2, 0.25) is 0 Å². The highest BCUT2D eigenvalue weighted by molar-refractivity contribution is 5.72. The van der Waals surface area contributed by atoms with E-state index in [1.165, 1.54) is 0 Å². The molecule has 0 amide bonds. The molecule has 0 aromatic rings. The van der Waals surface area contributed by atoms with E-state index in [4.69, 9.17) is 5.11 Å². The van der Waals surface area contributed by atoms with Gasteiger partial charge in [-0.2, -0.15) is 0 Å². The number of carboxylic acids is 1. The summed E-state index contributed by atoms with van der Waals surface area (Å²) < 4.78 is 0. The lowest BCUT2D eigenvalue weighted by atomic mass is 10.5. The third-order valence-corrected chi connectivity index (χ3v) is 1.43. The molecule has 0 radical (unpaired) electrons. The second-order valence-corrected chi connectivity index (χ2v) is 2.57. The van der Waals surface area contributed by atoms with Gasteiger partial charge in [0.15, 0.2) is 0 Å². The van der Waals surface area contributed by atoms with E-state index in [-0.39, 0.29) is 5.92 Å². The van der Waals surface area contributed by atoms with Crippen LogP contribution >= 0.6 is 0 Å². The van der Waals surface area contributed by atoms with Gasteiger partial charge in [0, 0.05) is 0 Å². The number of rotatable bonds is 3. The Hall–Kier alpha value is -0.570. The van der Waals surface area contributed by atoms with E-state index in [1.807, 2.05) is 0 Å². The molecule has 0 aromatic heterocycles. The summed E-state index contributed by atoms with van der Waals surface area (Å²) in [5.41, 5.74) is 0. The van der Waals surface area contributed by atoms with Gasteiger partial charge in [-0.15, -0.1) is 0 Å². The lowest BCUT2D eigenvalue weighted by Crippen LogP contribution is -2.09. The zero-order valence-corrected chi connectivity index (χ0v) is 7.26. The van der Waals surface area contributed by atoms with Crippen LogP contribution in [0.5, 0.6) is 0 Å². The fourth-order valence-electron chi connectivity index (χ4n) is 0.580. The van der Waals surface area contributed by atoms with Crippen LogP contribution in [0.15, 0.2) is 0 Å². The summed E-state index contributed by atoms with van der Waals surface area (Å²) in [6.07, 6.45) is 1.80. The summed E-state index contributed by atoms with van der Waals surface area (Å²) in [5, 5.41) is 11.2. The van der Waals surface area contributed by atoms with Crippen molar-refractivity contribution < 1.29 is 9.90 Å². The van der Waals surface area contributed by atoms with Gasteiger partial charge >= 0.3 is 5.97 Å². The van der Waals surface area contributed by atoms with Crippen LogP contribution in [0, 0.1) is 5.92 Å². The van der Waals surface area contributed by atoms with Crippen molar-refractivity contribution >= 4 is 5.97 Å². The van der Waals surface area contributed by atoms with Gasteiger partial charge < -0.3 is 10.4 Å². The predicted molar refractivity (Wildman–Crippen MR) is 44.6 cm³/mol. The van der Waals surface area contributed by atoms with Crippen molar-refractivity contribution in [3.63, 3.8) is 0 Å². The van der Waals surface area contributed by atoms with Crippen LogP contribution < -0.4 is 5.32 Å². The molecule has 2 N–H and O–H groups in total. The van der Waals surface area contributed by atoms with E-state index in [1.54, 1.807) is 0 Å². The normalized spacial score (nSPS) is 15.1. The summed E-state index contributed by atoms with van der Waals surface area (Å²) >= 11 is 0. The molecule has 1 saturated carbocycles. The van der Waals surface area contributed by atoms with E-state index in [2.05, 4.69) is 19.2 Å². The zero-order valence-electron chi connectivity index (χ0n) is 7.26. The molecule has 0 saturated heterocycles. The molecule has 0 aromatic carbocycles. The third-order valence-electron chi connectivity index (χ3n) is 1.43. The summed E-state index contributed by atoms with van der Waals surface area (Å²) in [4.78, 5) is 9.76. The summed E-state index contributed by atoms with van der Waals surface area (Å²) in [7, 11) is 0. The van der Waals surface area contributed by atoms with Crippen molar-refractivity contribution in [1.82, 2.24) is 5.32 Å². The van der Waals surface area contributed by atoms with Crippen LogP contribution in [0.3, 0.4) is 0 Å². The van der Waals surface area contributed by atoms with E-state index in [0.717, 1.165) is 25.9 Å². The van der Waals surface area contributed by atoms with Gasteiger partial charge in [-0.3, -0.25) is 4.79 Å². The number of nitrogens with one attached hydrogen (secondary N) is 1. The van der Waals surface area contributed by atoms with Gasteiger partial charge in [0.25, 0.3) is 0 Å². The molecule has 3 nitrogen and oxygen atoms in total. The monoisotopic (exact) mass is 159 g/mol. The minimum Gasteiger partial charge on any atom is -0.481 e. The predicted octanol–water partition coefficient (Wildman–Crippen LogP) is 1.10. The minimum absolute atomic E-state index is 0.0185. The molecule has 0 atom stereocenters. The van der Waals surface area contributed by atoms with Crippen LogP contribution in [0.25, 0.3) is 0 Å². The Morgan fingerprint density at radius 1 is 1.45 bits per heavy atom. The van der Waals surface area contributed by atoms with Gasteiger partial charge in [0.05, 0.1) is 5.92 Å². The standard InChI is InChI=1S/C4H11N.C4H6O2/c1-3-5-4-2;5-4(6)3-1-2-3/h5H,3-4H2,1-2H3;3H,1-2H2,(H,5,6). The summed E-state index contributed by atoms with van der Waals surface area (Å²) in [6.45, 7) is 6.39. The first kappa shape index (κ1) is 10.4. The van der Waals surface area contributed by atoms with E-state index < -0.39 is 5.97 Å². The van der Waals surface area contributed by atoms with Crippen LogP contribution in [0.4, 0.5) is 0 Å².